The second-order valence-electron chi connectivity index (χ2n) is 9.50. The SMILES string of the molecule is CN1CC(COCC2CC2)C2(CCN(C(=O)C3CC=CC3)CC2)C1.O=C(O)C(F)(F)F. The molecule has 1 N–H and O–H groups in total. The number of carboxylic acid groups (broad SMARTS) is 1. The number of nitrogens with zero attached hydrogens (tertiary/aromatic N) is 2. The van der Waals surface area contributed by atoms with Crippen molar-refractivity contribution in [2.45, 2.75) is 44.7 Å². The molecule has 0 aromatic rings. The highest BCUT2D eigenvalue weighted by molar-refractivity contribution is 5.79. The lowest BCUT2D eigenvalue weighted by Crippen LogP contribution is -2.48. The molecule has 0 aromatic heterocycles. The van der Waals surface area contributed by atoms with Gasteiger partial charge in [0.1, 0.15) is 0 Å². The fraction of sp³-hybridized carbons (Fsp3) is 0.818. The number of aliphatic carboxylic acids is 1. The van der Waals surface area contributed by atoms with Gasteiger partial charge in [0.25, 0.3) is 0 Å². The van der Waals surface area contributed by atoms with E-state index in [1.807, 2.05) is 0 Å². The monoisotopic (exact) mass is 446 g/mol. The van der Waals surface area contributed by atoms with Crippen LogP contribution >= 0.6 is 0 Å². The van der Waals surface area contributed by atoms with E-state index in [0.29, 0.717) is 17.2 Å². The second-order valence-corrected chi connectivity index (χ2v) is 9.50. The van der Waals surface area contributed by atoms with Gasteiger partial charge in [-0.05, 0) is 56.9 Å². The maximum Gasteiger partial charge on any atom is 0.490 e. The minimum Gasteiger partial charge on any atom is -0.475 e. The van der Waals surface area contributed by atoms with Gasteiger partial charge in [0.2, 0.25) is 5.91 Å². The van der Waals surface area contributed by atoms with Crippen LogP contribution in [0.5, 0.6) is 0 Å². The first kappa shape index (κ1) is 24.0. The van der Waals surface area contributed by atoms with Crippen molar-refractivity contribution < 1.29 is 32.6 Å². The van der Waals surface area contributed by atoms with Crippen LogP contribution in [0.3, 0.4) is 0 Å². The number of hydrogen-bond acceptors (Lipinski definition) is 4. The smallest absolute Gasteiger partial charge is 0.475 e. The van der Waals surface area contributed by atoms with E-state index < -0.39 is 12.1 Å². The summed E-state index contributed by atoms with van der Waals surface area (Å²) in [5, 5.41) is 7.12. The fourth-order valence-corrected chi connectivity index (χ4v) is 5.01. The Morgan fingerprint density at radius 1 is 1.13 bits per heavy atom. The molecule has 1 saturated carbocycles. The summed E-state index contributed by atoms with van der Waals surface area (Å²) in [4.78, 5) is 26.2. The average molecular weight is 447 g/mol. The Hall–Kier alpha value is -1.61. The molecule has 3 fully saturated rings. The number of carbonyl (C=O) groups excluding carboxylic acids is 1. The molecule has 1 spiro atoms. The van der Waals surface area contributed by atoms with E-state index in [1.54, 1.807) is 0 Å². The van der Waals surface area contributed by atoms with Crippen LogP contribution in [-0.2, 0) is 14.3 Å². The van der Waals surface area contributed by atoms with Crippen molar-refractivity contribution in [1.82, 2.24) is 9.80 Å². The van der Waals surface area contributed by atoms with Gasteiger partial charge in [-0.1, -0.05) is 12.2 Å². The fourth-order valence-electron chi connectivity index (χ4n) is 5.01. The van der Waals surface area contributed by atoms with Crippen LogP contribution in [0.2, 0.25) is 0 Å². The highest BCUT2D eigenvalue weighted by atomic mass is 19.4. The Bertz CT molecular complexity index is 662. The van der Waals surface area contributed by atoms with Gasteiger partial charge in [-0.2, -0.15) is 13.2 Å². The molecule has 2 aliphatic carbocycles. The Morgan fingerprint density at radius 3 is 2.23 bits per heavy atom. The number of carbonyl (C=O) groups is 2. The van der Waals surface area contributed by atoms with Crippen LogP contribution in [0.4, 0.5) is 13.2 Å². The summed E-state index contributed by atoms with van der Waals surface area (Å²) in [7, 11) is 2.24. The number of hydrogen-bond donors (Lipinski definition) is 1. The first-order valence-corrected chi connectivity index (χ1v) is 11.1. The van der Waals surface area contributed by atoms with Crippen LogP contribution in [0.25, 0.3) is 0 Å². The maximum absolute atomic E-state index is 12.7. The number of alkyl halides is 3. The molecule has 1 amide bonds. The van der Waals surface area contributed by atoms with Gasteiger partial charge in [-0.15, -0.1) is 0 Å². The quantitative estimate of drug-likeness (QED) is 0.657. The van der Waals surface area contributed by atoms with Gasteiger partial charge < -0.3 is 19.6 Å². The first-order chi connectivity index (χ1) is 14.6. The summed E-state index contributed by atoms with van der Waals surface area (Å²) in [5.41, 5.74) is 0.378. The van der Waals surface area contributed by atoms with Gasteiger partial charge in [-0.3, -0.25) is 4.79 Å². The summed E-state index contributed by atoms with van der Waals surface area (Å²) in [6, 6.07) is 0. The number of allylic oxidation sites excluding steroid dienone is 2. The molecule has 0 radical (unpaired) electrons. The lowest BCUT2D eigenvalue weighted by Gasteiger charge is -2.43. The van der Waals surface area contributed by atoms with Gasteiger partial charge >= 0.3 is 12.1 Å². The van der Waals surface area contributed by atoms with Gasteiger partial charge in [0.15, 0.2) is 0 Å². The zero-order valence-corrected chi connectivity index (χ0v) is 18.1. The number of rotatable bonds is 5. The first-order valence-electron chi connectivity index (χ1n) is 11.1. The van der Waals surface area contributed by atoms with Gasteiger partial charge in [0.05, 0.1) is 6.61 Å². The molecule has 9 heteroatoms. The third-order valence-corrected chi connectivity index (χ3v) is 7.02. The molecule has 6 nitrogen and oxygen atoms in total. The molecule has 2 heterocycles. The number of halogens is 3. The summed E-state index contributed by atoms with van der Waals surface area (Å²) in [6.45, 7) is 6.12. The Kier molecular flexibility index (Phi) is 7.68. The molecule has 0 aromatic carbocycles. The zero-order chi connectivity index (χ0) is 22.6. The van der Waals surface area contributed by atoms with Crippen molar-refractivity contribution in [1.29, 1.82) is 0 Å². The lowest BCUT2D eigenvalue weighted by atomic mass is 9.71. The Balaban J connectivity index is 0.000000339. The minimum absolute atomic E-state index is 0.225. The van der Waals surface area contributed by atoms with Crippen LogP contribution in [0.1, 0.15) is 38.5 Å². The predicted octanol–water partition coefficient (Wildman–Crippen LogP) is 3.18. The predicted molar refractivity (Wildman–Crippen MR) is 108 cm³/mol. The van der Waals surface area contributed by atoms with Crippen molar-refractivity contribution in [3.63, 3.8) is 0 Å². The highest BCUT2D eigenvalue weighted by Crippen LogP contribution is 2.45. The Morgan fingerprint density at radius 2 is 1.71 bits per heavy atom. The molecule has 2 aliphatic heterocycles. The van der Waals surface area contributed by atoms with Crippen molar-refractivity contribution in [2.24, 2.45) is 23.2 Å². The maximum atomic E-state index is 12.7. The second kappa shape index (κ2) is 9.90. The summed E-state index contributed by atoms with van der Waals surface area (Å²) >= 11 is 0. The molecule has 4 rings (SSSR count). The number of carboxylic acids is 1. The van der Waals surface area contributed by atoms with Crippen LogP contribution in [-0.4, -0.2) is 79.4 Å². The van der Waals surface area contributed by atoms with Crippen molar-refractivity contribution in [2.75, 3.05) is 46.4 Å². The molecule has 0 bridgehead atoms. The van der Waals surface area contributed by atoms with Crippen LogP contribution in [0.15, 0.2) is 12.2 Å². The Labute approximate surface area is 181 Å². The van der Waals surface area contributed by atoms with E-state index in [2.05, 4.69) is 29.0 Å². The van der Waals surface area contributed by atoms with E-state index >= 15 is 0 Å². The molecular weight excluding hydrogens is 413 g/mol. The summed E-state index contributed by atoms with van der Waals surface area (Å²) in [5.74, 6) is -0.649. The lowest BCUT2D eigenvalue weighted by molar-refractivity contribution is -0.192. The number of likely N-dealkylation sites (tertiary alicyclic amines) is 2. The van der Waals surface area contributed by atoms with Crippen LogP contribution < -0.4 is 0 Å². The van der Waals surface area contributed by atoms with E-state index in [9.17, 15) is 18.0 Å². The van der Waals surface area contributed by atoms with E-state index in [4.69, 9.17) is 14.6 Å². The molecule has 4 aliphatic rings. The molecule has 31 heavy (non-hydrogen) atoms. The molecular formula is C22H33F3N2O4. The number of ether oxygens (including phenoxy) is 1. The average Bonchev–Trinajstić information content (AvgIpc) is 3.26. The largest absolute Gasteiger partial charge is 0.490 e. The number of amides is 1. The normalized spacial score (nSPS) is 26.2. The summed E-state index contributed by atoms with van der Waals surface area (Å²) < 4.78 is 37.8. The zero-order valence-electron chi connectivity index (χ0n) is 18.1. The van der Waals surface area contributed by atoms with E-state index in [1.165, 1.54) is 19.4 Å². The van der Waals surface area contributed by atoms with Crippen molar-refractivity contribution in [3.05, 3.63) is 12.2 Å². The summed E-state index contributed by atoms with van der Waals surface area (Å²) in [6.07, 6.45) is 6.16. The van der Waals surface area contributed by atoms with E-state index in [-0.39, 0.29) is 5.92 Å². The minimum atomic E-state index is -5.08. The van der Waals surface area contributed by atoms with Crippen molar-refractivity contribution >= 4 is 11.9 Å². The molecule has 2 saturated heterocycles. The van der Waals surface area contributed by atoms with Gasteiger partial charge in [0, 0.05) is 44.6 Å². The molecule has 1 atom stereocenters. The number of piperidine rings is 1. The highest BCUT2D eigenvalue weighted by Gasteiger charge is 2.48. The third kappa shape index (κ3) is 6.44. The van der Waals surface area contributed by atoms with Crippen LogP contribution in [0, 0.1) is 23.2 Å². The van der Waals surface area contributed by atoms with E-state index in [0.717, 1.165) is 64.4 Å². The molecule has 1 unspecified atom stereocenters. The van der Waals surface area contributed by atoms with Gasteiger partial charge in [-0.25, -0.2) is 4.79 Å². The van der Waals surface area contributed by atoms with Crippen molar-refractivity contribution in [3.8, 4) is 0 Å². The topological polar surface area (TPSA) is 70.1 Å². The molecule has 176 valence electrons. The third-order valence-electron chi connectivity index (χ3n) is 7.02. The standard InChI is InChI=1S/C20H32N2O2.C2HF3O2/c1-21-12-18(14-24-13-16-6-7-16)20(15-21)8-10-22(11-9-20)19(23)17-4-2-3-5-17;3-2(4,5)1(6)7/h2-3,16-18H,4-15H2,1H3;(H,6,7).